The Morgan fingerprint density at radius 3 is 2.41 bits per heavy atom. The number of methoxy groups -OCH3 is 1. The Hall–Kier alpha value is -2.89. The molecule has 0 saturated carbocycles. The summed E-state index contributed by atoms with van der Waals surface area (Å²) in [5, 5.41) is 10.2. The van der Waals surface area contributed by atoms with Gasteiger partial charge in [0.2, 0.25) is 0 Å². The second-order valence-electron chi connectivity index (χ2n) is 8.65. The summed E-state index contributed by atoms with van der Waals surface area (Å²) in [6, 6.07) is 7.82. The fourth-order valence-corrected chi connectivity index (χ4v) is 4.11. The monoisotopic (exact) mass is 441 g/mol. The van der Waals surface area contributed by atoms with E-state index in [0.717, 1.165) is 6.42 Å². The molecule has 0 aliphatic heterocycles. The smallest absolute Gasteiger partial charge is 0.309 e. The van der Waals surface area contributed by atoms with Crippen LogP contribution in [-0.4, -0.2) is 35.1 Å². The Balaban J connectivity index is 2.14. The third-order valence-corrected chi connectivity index (χ3v) is 6.11. The number of aromatic hydroxyl groups is 1. The van der Waals surface area contributed by atoms with Crippen LogP contribution in [0.2, 0.25) is 0 Å². The lowest BCUT2D eigenvalue weighted by Gasteiger charge is -2.31. The largest absolute Gasteiger partial charge is 0.503 e. The first kappa shape index (κ1) is 25.4. The van der Waals surface area contributed by atoms with Crippen LogP contribution >= 0.6 is 0 Å². The Morgan fingerprint density at radius 2 is 1.81 bits per heavy atom. The van der Waals surface area contributed by atoms with Gasteiger partial charge in [0.25, 0.3) is 0 Å². The number of benzene rings is 1. The minimum atomic E-state index is -0.672. The van der Waals surface area contributed by atoms with Gasteiger partial charge in [-0.3, -0.25) is 9.59 Å². The zero-order valence-corrected chi connectivity index (χ0v) is 20.1. The third-order valence-electron chi connectivity index (χ3n) is 6.11. The molecular formula is C26H35NO5. The molecule has 0 spiro atoms. The SMILES string of the molecule is CCC(C)[C@H](c1ccc(C)cc1C)[C@H](C)OC(=O)[C@H](C)CC(=O)c1nccc(OC)c1O. The van der Waals surface area contributed by atoms with E-state index >= 15 is 0 Å². The lowest BCUT2D eigenvalue weighted by atomic mass is 9.80. The first-order valence-electron chi connectivity index (χ1n) is 11.1. The van der Waals surface area contributed by atoms with Crippen molar-refractivity contribution in [3.05, 3.63) is 52.8 Å². The summed E-state index contributed by atoms with van der Waals surface area (Å²) in [6.45, 7) is 12.0. The van der Waals surface area contributed by atoms with Crippen LogP contribution in [0.15, 0.2) is 30.5 Å². The minimum absolute atomic E-state index is 0.0524. The maximum Gasteiger partial charge on any atom is 0.309 e. The third kappa shape index (κ3) is 5.87. The predicted molar refractivity (Wildman–Crippen MR) is 124 cm³/mol. The molecule has 1 heterocycles. The Bertz CT molecular complexity index is 955. The molecule has 6 nitrogen and oxygen atoms in total. The topological polar surface area (TPSA) is 85.7 Å². The highest BCUT2D eigenvalue weighted by Crippen LogP contribution is 2.35. The first-order chi connectivity index (χ1) is 15.1. The summed E-state index contributed by atoms with van der Waals surface area (Å²) in [6.07, 6.45) is 1.88. The highest BCUT2D eigenvalue weighted by Gasteiger charge is 2.31. The molecule has 1 aromatic heterocycles. The molecule has 1 aromatic carbocycles. The molecule has 1 N–H and O–H groups in total. The zero-order chi connectivity index (χ0) is 24.0. The van der Waals surface area contributed by atoms with Crippen molar-refractivity contribution in [2.24, 2.45) is 11.8 Å². The number of nitrogens with zero attached hydrogens (tertiary/aromatic N) is 1. The summed E-state index contributed by atoms with van der Waals surface area (Å²) in [7, 11) is 1.40. The van der Waals surface area contributed by atoms with Gasteiger partial charge in [-0.25, -0.2) is 4.98 Å². The van der Waals surface area contributed by atoms with Crippen molar-refractivity contribution in [2.45, 2.75) is 66.4 Å². The molecule has 0 aliphatic rings. The second kappa shape index (κ2) is 11.1. The normalized spacial score (nSPS) is 14.8. The van der Waals surface area contributed by atoms with Crippen molar-refractivity contribution in [3.63, 3.8) is 0 Å². The molecule has 32 heavy (non-hydrogen) atoms. The molecule has 0 bridgehead atoms. The Labute approximate surface area is 191 Å². The summed E-state index contributed by atoms with van der Waals surface area (Å²) in [5.74, 6) is -1.34. The van der Waals surface area contributed by atoms with Gasteiger partial charge in [-0.2, -0.15) is 0 Å². The lowest BCUT2D eigenvalue weighted by molar-refractivity contribution is -0.154. The van der Waals surface area contributed by atoms with E-state index in [2.05, 4.69) is 50.9 Å². The van der Waals surface area contributed by atoms with E-state index in [9.17, 15) is 14.7 Å². The maximum absolute atomic E-state index is 12.8. The van der Waals surface area contributed by atoms with Crippen LogP contribution in [0.25, 0.3) is 0 Å². The predicted octanol–water partition coefficient (Wildman–Crippen LogP) is 5.38. The summed E-state index contributed by atoms with van der Waals surface area (Å²) < 4.78 is 10.9. The number of carbonyl (C=O) groups is 2. The Morgan fingerprint density at radius 1 is 1.12 bits per heavy atom. The number of hydrogen-bond donors (Lipinski definition) is 1. The summed E-state index contributed by atoms with van der Waals surface area (Å²) in [4.78, 5) is 29.4. The number of ether oxygens (including phenoxy) is 2. The summed E-state index contributed by atoms with van der Waals surface area (Å²) in [5.41, 5.74) is 3.45. The van der Waals surface area contributed by atoms with E-state index in [-0.39, 0.29) is 35.6 Å². The van der Waals surface area contributed by atoms with Gasteiger partial charge in [-0.1, -0.05) is 51.0 Å². The Kier molecular flexibility index (Phi) is 8.81. The fourth-order valence-electron chi connectivity index (χ4n) is 4.11. The molecule has 0 radical (unpaired) electrons. The number of ketones is 1. The van der Waals surface area contributed by atoms with Gasteiger partial charge < -0.3 is 14.6 Å². The molecule has 1 unspecified atom stereocenters. The number of rotatable bonds is 10. The van der Waals surface area contributed by atoms with Gasteiger partial charge in [0.1, 0.15) is 6.10 Å². The fraction of sp³-hybridized carbons (Fsp3) is 0.500. The molecule has 4 atom stereocenters. The van der Waals surface area contributed by atoms with E-state index in [1.807, 2.05) is 6.92 Å². The van der Waals surface area contributed by atoms with Crippen molar-refractivity contribution >= 4 is 11.8 Å². The van der Waals surface area contributed by atoms with Crippen LogP contribution in [0.4, 0.5) is 0 Å². The molecule has 0 saturated heterocycles. The standard InChI is InChI=1S/C26H35NO5/c1-8-16(3)23(20-10-9-15(2)13-17(20)4)19(6)32-26(30)18(5)14-21(28)24-25(29)22(31-7)11-12-27-24/h9-13,16,18-19,23,29H,8,14H2,1-7H3/t16?,18-,19+,23+/m1/s1. The number of hydrogen-bond acceptors (Lipinski definition) is 6. The van der Waals surface area contributed by atoms with Crippen LogP contribution in [-0.2, 0) is 9.53 Å². The number of Topliss-reactive ketones (excluding diaryl/α,β-unsaturated/α-hetero) is 1. The first-order valence-corrected chi connectivity index (χ1v) is 11.1. The van der Waals surface area contributed by atoms with E-state index in [1.54, 1.807) is 6.92 Å². The van der Waals surface area contributed by atoms with Gasteiger partial charge in [-0.15, -0.1) is 0 Å². The van der Waals surface area contributed by atoms with Crippen molar-refractivity contribution in [2.75, 3.05) is 7.11 Å². The van der Waals surface area contributed by atoms with E-state index < -0.39 is 17.7 Å². The number of aryl methyl sites for hydroxylation is 2. The van der Waals surface area contributed by atoms with Crippen molar-refractivity contribution in [3.8, 4) is 11.5 Å². The van der Waals surface area contributed by atoms with Gasteiger partial charge in [0.15, 0.2) is 23.0 Å². The van der Waals surface area contributed by atoms with Crippen molar-refractivity contribution < 1.29 is 24.2 Å². The highest BCUT2D eigenvalue weighted by molar-refractivity contribution is 5.99. The zero-order valence-electron chi connectivity index (χ0n) is 20.1. The maximum atomic E-state index is 12.8. The molecular weight excluding hydrogens is 406 g/mol. The van der Waals surface area contributed by atoms with Gasteiger partial charge in [0, 0.05) is 24.6 Å². The molecule has 6 heteroatoms. The number of esters is 1. The highest BCUT2D eigenvalue weighted by atomic mass is 16.5. The molecule has 0 fully saturated rings. The molecule has 0 amide bonds. The molecule has 0 aliphatic carbocycles. The molecule has 174 valence electrons. The average molecular weight is 442 g/mol. The van der Waals surface area contributed by atoms with Gasteiger partial charge >= 0.3 is 5.97 Å². The van der Waals surface area contributed by atoms with Gasteiger partial charge in [0.05, 0.1) is 13.0 Å². The molecule has 2 rings (SSSR count). The molecule has 2 aromatic rings. The second-order valence-corrected chi connectivity index (χ2v) is 8.65. The van der Waals surface area contributed by atoms with Crippen LogP contribution in [0, 0.1) is 25.7 Å². The van der Waals surface area contributed by atoms with Crippen LogP contribution in [0.1, 0.15) is 73.6 Å². The lowest BCUT2D eigenvalue weighted by Crippen LogP contribution is -2.30. The summed E-state index contributed by atoms with van der Waals surface area (Å²) >= 11 is 0. The van der Waals surface area contributed by atoms with Gasteiger partial charge in [-0.05, 0) is 37.8 Å². The van der Waals surface area contributed by atoms with E-state index in [4.69, 9.17) is 9.47 Å². The number of pyridine rings is 1. The van der Waals surface area contributed by atoms with E-state index in [1.165, 1.54) is 36.1 Å². The van der Waals surface area contributed by atoms with Crippen molar-refractivity contribution in [1.82, 2.24) is 4.98 Å². The van der Waals surface area contributed by atoms with Crippen LogP contribution in [0.3, 0.4) is 0 Å². The van der Waals surface area contributed by atoms with Crippen molar-refractivity contribution in [1.29, 1.82) is 0 Å². The van der Waals surface area contributed by atoms with E-state index in [0.29, 0.717) is 5.92 Å². The average Bonchev–Trinajstić information content (AvgIpc) is 2.75. The minimum Gasteiger partial charge on any atom is -0.503 e. The van der Waals surface area contributed by atoms with Crippen LogP contribution in [0.5, 0.6) is 11.5 Å². The number of carbonyl (C=O) groups excluding carboxylic acids is 2. The van der Waals surface area contributed by atoms with Crippen LogP contribution < -0.4 is 4.74 Å². The quantitative estimate of drug-likeness (QED) is 0.393. The number of aromatic nitrogens is 1.